The number of nitrogens with two attached hydrogens (primary N) is 1. The van der Waals surface area contributed by atoms with Crippen molar-refractivity contribution < 1.29 is 12.8 Å². The van der Waals surface area contributed by atoms with Crippen LogP contribution >= 0.6 is 11.6 Å². The first-order valence-electron chi connectivity index (χ1n) is 5.05. The molecule has 19 heavy (non-hydrogen) atoms. The van der Waals surface area contributed by atoms with E-state index in [9.17, 15) is 12.8 Å². The molecule has 1 heterocycles. The second-order valence-corrected chi connectivity index (χ2v) is 5.90. The van der Waals surface area contributed by atoms with Crippen LogP contribution in [0.25, 0.3) is 0 Å². The highest BCUT2D eigenvalue weighted by Gasteiger charge is 2.22. The van der Waals surface area contributed by atoms with Crippen molar-refractivity contribution in [1.82, 2.24) is 9.78 Å². The summed E-state index contributed by atoms with van der Waals surface area (Å²) in [6, 6.07) is 2.13. The van der Waals surface area contributed by atoms with Crippen molar-refractivity contribution >= 4 is 33.0 Å². The largest absolute Gasteiger partial charge is 0.396 e. The smallest absolute Gasteiger partial charge is 0.265 e. The lowest BCUT2D eigenvalue weighted by Crippen LogP contribution is -2.15. The van der Waals surface area contributed by atoms with E-state index in [-0.39, 0.29) is 16.4 Å². The summed E-state index contributed by atoms with van der Waals surface area (Å²) < 4.78 is 41.4. The molecule has 3 N–H and O–H groups in total. The van der Waals surface area contributed by atoms with Crippen LogP contribution < -0.4 is 10.5 Å². The zero-order valence-electron chi connectivity index (χ0n) is 9.76. The molecule has 6 nitrogen and oxygen atoms in total. The van der Waals surface area contributed by atoms with Crippen LogP contribution in [0.4, 0.5) is 15.8 Å². The molecule has 1 aromatic heterocycles. The Morgan fingerprint density at radius 2 is 2.16 bits per heavy atom. The molecule has 0 radical (unpaired) electrons. The highest BCUT2D eigenvalue weighted by molar-refractivity contribution is 7.92. The number of nitrogen functional groups attached to an aromatic ring is 1. The minimum absolute atomic E-state index is 0.0328. The van der Waals surface area contributed by atoms with Crippen molar-refractivity contribution in [3.8, 4) is 0 Å². The molecule has 0 aliphatic rings. The van der Waals surface area contributed by atoms with Crippen LogP contribution in [-0.2, 0) is 17.1 Å². The first-order valence-corrected chi connectivity index (χ1v) is 6.92. The van der Waals surface area contributed by atoms with Crippen molar-refractivity contribution in [1.29, 1.82) is 0 Å². The van der Waals surface area contributed by atoms with Gasteiger partial charge in [0.1, 0.15) is 4.90 Å². The number of aromatic nitrogens is 2. The Balaban J connectivity index is 2.45. The van der Waals surface area contributed by atoms with Gasteiger partial charge in [-0.05, 0) is 12.1 Å². The Bertz CT molecular complexity index is 729. The Morgan fingerprint density at radius 3 is 2.74 bits per heavy atom. The third-order valence-electron chi connectivity index (χ3n) is 2.28. The summed E-state index contributed by atoms with van der Waals surface area (Å²) in [4.78, 5) is -0.610. The number of hydrogen-bond donors (Lipinski definition) is 2. The standard InChI is InChI=1S/C10H10ClFN4O2S/c1-16-5-7(4-14-16)15-19(17,18)9-3-6(11)2-8(13)10(9)12/h2-5,15H,13H2,1H3. The summed E-state index contributed by atoms with van der Waals surface area (Å²) in [5.41, 5.74) is 5.22. The van der Waals surface area contributed by atoms with E-state index in [2.05, 4.69) is 9.82 Å². The van der Waals surface area contributed by atoms with E-state index >= 15 is 0 Å². The molecule has 0 bridgehead atoms. The zero-order valence-corrected chi connectivity index (χ0v) is 11.3. The average molecular weight is 305 g/mol. The first kappa shape index (κ1) is 13.6. The fraction of sp³-hybridized carbons (Fsp3) is 0.100. The summed E-state index contributed by atoms with van der Waals surface area (Å²) in [7, 11) is -2.50. The van der Waals surface area contributed by atoms with Gasteiger partial charge in [0.2, 0.25) is 0 Å². The predicted molar refractivity (Wildman–Crippen MR) is 69.8 cm³/mol. The molecule has 0 aliphatic heterocycles. The van der Waals surface area contributed by atoms with Gasteiger partial charge >= 0.3 is 0 Å². The second-order valence-electron chi connectivity index (χ2n) is 3.82. The molecular weight excluding hydrogens is 295 g/mol. The fourth-order valence-electron chi connectivity index (χ4n) is 1.46. The van der Waals surface area contributed by atoms with Gasteiger partial charge in [0.05, 0.1) is 17.6 Å². The van der Waals surface area contributed by atoms with Crippen molar-refractivity contribution in [2.24, 2.45) is 7.05 Å². The van der Waals surface area contributed by atoms with E-state index in [1.807, 2.05) is 0 Å². The molecule has 0 amide bonds. The monoisotopic (exact) mass is 304 g/mol. The minimum atomic E-state index is -4.12. The Hall–Kier alpha value is -1.80. The molecule has 9 heteroatoms. The number of anilines is 2. The third-order valence-corrected chi connectivity index (χ3v) is 3.88. The number of sulfonamides is 1. The lowest BCUT2D eigenvalue weighted by Gasteiger charge is -2.09. The molecule has 1 aromatic carbocycles. The molecule has 102 valence electrons. The SMILES string of the molecule is Cn1cc(NS(=O)(=O)c2cc(Cl)cc(N)c2F)cn1. The molecule has 0 atom stereocenters. The van der Waals surface area contributed by atoms with E-state index in [0.29, 0.717) is 0 Å². The van der Waals surface area contributed by atoms with E-state index in [1.165, 1.54) is 17.1 Å². The van der Waals surface area contributed by atoms with E-state index in [1.54, 1.807) is 7.05 Å². The number of nitrogens with one attached hydrogen (secondary N) is 1. The Morgan fingerprint density at radius 1 is 1.47 bits per heavy atom. The third kappa shape index (κ3) is 2.79. The highest BCUT2D eigenvalue weighted by Crippen LogP contribution is 2.26. The molecule has 0 unspecified atom stereocenters. The van der Waals surface area contributed by atoms with Crippen molar-refractivity contribution in [3.05, 3.63) is 35.4 Å². The van der Waals surface area contributed by atoms with Crippen molar-refractivity contribution in [2.75, 3.05) is 10.5 Å². The quantitative estimate of drug-likeness (QED) is 0.843. The second kappa shape index (κ2) is 4.71. The maximum absolute atomic E-state index is 13.8. The molecule has 0 fully saturated rings. The summed E-state index contributed by atoms with van der Waals surface area (Å²) >= 11 is 5.68. The molecule has 0 saturated heterocycles. The minimum Gasteiger partial charge on any atom is -0.396 e. The van der Waals surface area contributed by atoms with Gasteiger partial charge in [0, 0.05) is 18.3 Å². The summed E-state index contributed by atoms with van der Waals surface area (Å²) in [6.45, 7) is 0. The molecule has 2 rings (SSSR count). The Kier molecular flexibility index (Phi) is 3.38. The fourth-order valence-corrected chi connectivity index (χ4v) is 2.92. The number of nitrogens with zero attached hydrogens (tertiary/aromatic N) is 2. The van der Waals surface area contributed by atoms with E-state index < -0.39 is 20.7 Å². The predicted octanol–water partition coefficient (Wildman–Crippen LogP) is 1.60. The van der Waals surface area contributed by atoms with Crippen molar-refractivity contribution in [3.63, 3.8) is 0 Å². The summed E-state index contributed by atoms with van der Waals surface area (Å²) in [6.07, 6.45) is 2.73. The van der Waals surface area contributed by atoms with Gasteiger partial charge in [0.15, 0.2) is 5.82 Å². The van der Waals surface area contributed by atoms with Crippen molar-refractivity contribution in [2.45, 2.75) is 4.90 Å². The van der Waals surface area contributed by atoms with Crippen LogP contribution in [0.3, 0.4) is 0 Å². The van der Waals surface area contributed by atoms with E-state index in [0.717, 1.165) is 12.1 Å². The number of hydrogen-bond acceptors (Lipinski definition) is 4. The van der Waals surface area contributed by atoms with Gasteiger partial charge in [0.25, 0.3) is 10.0 Å². The van der Waals surface area contributed by atoms with Gasteiger partial charge in [-0.1, -0.05) is 11.6 Å². The molecule has 2 aromatic rings. The maximum atomic E-state index is 13.8. The van der Waals surface area contributed by atoms with Gasteiger partial charge in [-0.15, -0.1) is 0 Å². The number of benzene rings is 1. The van der Waals surface area contributed by atoms with Crippen LogP contribution in [0.15, 0.2) is 29.4 Å². The van der Waals surface area contributed by atoms with Gasteiger partial charge in [-0.2, -0.15) is 5.10 Å². The highest BCUT2D eigenvalue weighted by atomic mass is 35.5. The molecule has 0 spiro atoms. The number of aryl methyl sites for hydroxylation is 1. The van der Waals surface area contributed by atoms with Crippen LogP contribution in [0.5, 0.6) is 0 Å². The lowest BCUT2D eigenvalue weighted by atomic mass is 10.3. The molecule has 0 aliphatic carbocycles. The molecular formula is C10H10ClFN4O2S. The van der Waals surface area contributed by atoms with Crippen LogP contribution in [0.2, 0.25) is 5.02 Å². The van der Waals surface area contributed by atoms with Gasteiger partial charge < -0.3 is 5.73 Å². The normalized spacial score (nSPS) is 11.5. The maximum Gasteiger partial charge on any atom is 0.265 e. The van der Waals surface area contributed by atoms with Gasteiger partial charge in [-0.3, -0.25) is 9.40 Å². The zero-order chi connectivity index (χ0) is 14.2. The van der Waals surface area contributed by atoms with E-state index in [4.69, 9.17) is 17.3 Å². The van der Waals surface area contributed by atoms with Crippen LogP contribution in [-0.4, -0.2) is 18.2 Å². The van der Waals surface area contributed by atoms with Gasteiger partial charge in [-0.25, -0.2) is 12.8 Å². The topological polar surface area (TPSA) is 90.0 Å². The average Bonchev–Trinajstić information content (AvgIpc) is 2.68. The number of halogens is 2. The summed E-state index contributed by atoms with van der Waals surface area (Å²) in [5, 5.41) is 3.83. The van der Waals surface area contributed by atoms with Crippen LogP contribution in [0.1, 0.15) is 0 Å². The Labute approximate surface area is 114 Å². The number of rotatable bonds is 3. The molecule has 0 saturated carbocycles. The summed E-state index contributed by atoms with van der Waals surface area (Å²) in [5.74, 6) is -1.04. The lowest BCUT2D eigenvalue weighted by molar-refractivity contribution is 0.573. The van der Waals surface area contributed by atoms with Crippen LogP contribution in [0, 0.1) is 5.82 Å². The first-order chi connectivity index (χ1) is 8.79.